The Balaban J connectivity index is 2.36. The molecule has 1 aromatic carbocycles. The highest BCUT2D eigenvalue weighted by Crippen LogP contribution is 2.29. The number of nitro benzene ring substituents is 1. The van der Waals surface area contributed by atoms with Crippen LogP contribution in [0.3, 0.4) is 0 Å². The Kier molecular flexibility index (Phi) is 3.29. The van der Waals surface area contributed by atoms with Gasteiger partial charge in [0, 0.05) is 25.2 Å². The molecule has 24 heavy (non-hydrogen) atoms. The molecule has 0 bridgehead atoms. The van der Waals surface area contributed by atoms with E-state index in [9.17, 15) is 24.5 Å². The monoisotopic (exact) mass is 329 g/mol. The maximum absolute atomic E-state index is 12.4. The van der Waals surface area contributed by atoms with Crippen LogP contribution >= 0.6 is 0 Å². The summed E-state index contributed by atoms with van der Waals surface area (Å²) in [6.45, 7) is 0. The fourth-order valence-corrected chi connectivity index (χ4v) is 2.56. The Bertz CT molecular complexity index is 978. The number of fused-ring (bicyclic) bond motifs is 1. The SMILES string of the molecule is CNc1ccc([N+](=O)[O-])cc1-n1c(N)c2c(cc1=O)C(=O)NC2=O. The highest BCUT2D eigenvalue weighted by Gasteiger charge is 2.32. The molecular formula is C14H11N5O5. The number of nitrogens with zero attached hydrogens (tertiary/aromatic N) is 2. The van der Waals surface area contributed by atoms with Crippen LogP contribution in [0, 0.1) is 10.1 Å². The molecule has 0 saturated heterocycles. The van der Waals surface area contributed by atoms with E-state index in [4.69, 9.17) is 5.73 Å². The lowest BCUT2D eigenvalue weighted by molar-refractivity contribution is -0.384. The summed E-state index contributed by atoms with van der Waals surface area (Å²) < 4.78 is 0.954. The van der Waals surface area contributed by atoms with Gasteiger partial charge in [0.15, 0.2) is 0 Å². The van der Waals surface area contributed by atoms with Crippen LogP contribution in [-0.4, -0.2) is 28.4 Å². The van der Waals surface area contributed by atoms with Gasteiger partial charge in [-0.2, -0.15) is 0 Å². The molecule has 0 spiro atoms. The second-order valence-corrected chi connectivity index (χ2v) is 4.98. The molecule has 2 aromatic rings. The van der Waals surface area contributed by atoms with Crippen molar-refractivity contribution in [3.63, 3.8) is 0 Å². The molecule has 0 radical (unpaired) electrons. The van der Waals surface area contributed by atoms with Gasteiger partial charge in [-0.15, -0.1) is 0 Å². The van der Waals surface area contributed by atoms with E-state index in [0.29, 0.717) is 5.69 Å². The van der Waals surface area contributed by atoms with Gasteiger partial charge in [-0.25, -0.2) is 0 Å². The fourth-order valence-electron chi connectivity index (χ4n) is 2.56. The standard InChI is InChI=1S/C14H11N5O5/c1-16-8-3-2-6(19(23)24)4-9(8)18-10(20)5-7-11(12(18)15)14(22)17-13(7)21/h2-5,16H,15H2,1H3,(H,17,21,22). The number of hydrogen-bond donors (Lipinski definition) is 3. The summed E-state index contributed by atoms with van der Waals surface area (Å²) in [5.74, 6) is -1.70. The van der Waals surface area contributed by atoms with E-state index in [2.05, 4.69) is 10.6 Å². The summed E-state index contributed by atoms with van der Waals surface area (Å²) in [4.78, 5) is 46.3. The summed E-state index contributed by atoms with van der Waals surface area (Å²) in [7, 11) is 1.56. The van der Waals surface area contributed by atoms with E-state index in [-0.39, 0.29) is 28.3 Å². The number of imide groups is 1. The maximum Gasteiger partial charge on any atom is 0.271 e. The largest absolute Gasteiger partial charge is 0.386 e. The van der Waals surface area contributed by atoms with E-state index < -0.39 is 22.3 Å². The van der Waals surface area contributed by atoms with E-state index in [0.717, 1.165) is 16.7 Å². The first-order valence-corrected chi connectivity index (χ1v) is 6.73. The average molecular weight is 329 g/mol. The number of carbonyl (C=O) groups excluding carboxylic acids is 2. The van der Waals surface area contributed by atoms with Crippen LogP contribution < -0.4 is 21.9 Å². The molecule has 2 heterocycles. The summed E-state index contributed by atoms with van der Waals surface area (Å²) in [6, 6.07) is 4.81. The number of nitrogen functional groups attached to an aromatic ring is 1. The van der Waals surface area contributed by atoms with Crippen molar-refractivity contribution in [3.8, 4) is 5.69 Å². The lowest BCUT2D eigenvalue weighted by Gasteiger charge is -2.15. The van der Waals surface area contributed by atoms with Crippen molar-refractivity contribution >= 4 is 29.0 Å². The molecule has 0 unspecified atom stereocenters. The van der Waals surface area contributed by atoms with Gasteiger partial charge >= 0.3 is 0 Å². The normalized spacial score (nSPS) is 12.7. The molecule has 4 N–H and O–H groups in total. The molecule has 0 aliphatic carbocycles. The van der Waals surface area contributed by atoms with Gasteiger partial charge in [0.05, 0.1) is 27.4 Å². The molecule has 0 atom stereocenters. The first-order valence-electron chi connectivity index (χ1n) is 6.73. The average Bonchev–Trinajstić information content (AvgIpc) is 2.81. The van der Waals surface area contributed by atoms with E-state index >= 15 is 0 Å². The number of amides is 2. The minimum Gasteiger partial charge on any atom is -0.386 e. The van der Waals surface area contributed by atoms with Crippen molar-refractivity contribution in [2.45, 2.75) is 0 Å². The fraction of sp³-hybridized carbons (Fsp3) is 0.0714. The van der Waals surface area contributed by atoms with Crippen LogP contribution in [0.5, 0.6) is 0 Å². The Morgan fingerprint density at radius 1 is 1.21 bits per heavy atom. The first-order chi connectivity index (χ1) is 11.3. The van der Waals surface area contributed by atoms with Gasteiger partial charge in [-0.1, -0.05) is 0 Å². The Labute approximate surface area is 134 Å². The van der Waals surface area contributed by atoms with E-state index in [1.54, 1.807) is 7.05 Å². The summed E-state index contributed by atoms with van der Waals surface area (Å²) in [5.41, 5.74) is 5.22. The minimum absolute atomic E-state index is 0.101. The molecule has 122 valence electrons. The molecule has 3 rings (SSSR count). The van der Waals surface area contributed by atoms with Crippen LogP contribution in [0.2, 0.25) is 0 Å². The predicted octanol–water partition coefficient (Wildman–Crippen LogP) is 0.253. The van der Waals surface area contributed by atoms with Gasteiger partial charge in [0.2, 0.25) is 0 Å². The lowest BCUT2D eigenvalue weighted by Crippen LogP contribution is -2.24. The zero-order valence-electron chi connectivity index (χ0n) is 12.3. The maximum atomic E-state index is 12.4. The van der Waals surface area contributed by atoms with Gasteiger partial charge in [0.1, 0.15) is 5.82 Å². The third kappa shape index (κ3) is 2.08. The number of nitrogens with two attached hydrogens (primary N) is 1. The van der Waals surface area contributed by atoms with Crippen molar-refractivity contribution in [3.05, 3.63) is 55.9 Å². The minimum atomic E-state index is -0.724. The number of benzene rings is 1. The molecule has 1 aromatic heterocycles. The third-order valence-corrected chi connectivity index (χ3v) is 3.66. The second-order valence-electron chi connectivity index (χ2n) is 4.98. The van der Waals surface area contributed by atoms with Crippen LogP contribution in [0.15, 0.2) is 29.1 Å². The summed E-state index contributed by atoms with van der Waals surface area (Å²) >= 11 is 0. The zero-order chi connectivity index (χ0) is 17.6. The number of non-ortho nitro benzene ring substituents is 1. The van der Waals surface area contributed by atoms with Crippen molar-refractivity contribution in [2.24, 2.45) is 0 Å². The Morgan fingerprint density at radius 3 is 2.54 bits per heavy atom. The smallest absolute Gasteiger partial charge is 0.271 e. The summed E-state index contributed by atoms with van der Waals surface area (Å²) in [6.07, 6.45) is 0. The molecule has 0 fully saturated rings. The van der Waals surface area contributed by atoms with Crippen molar-refractivity contribution < 1.29 is 14.5 Å². The van der Waals surface area contributed by atoms with Gasteiger partial charge in [0.25, 0.3) is 23.1 Å². The predicted molar refractivity (Wildman–Crippen MR) is 84.4 cm³/mol. The molecular weight excluding hydrogens is 318 g/mol. The molecule has 1 aliphatic rings. The van der Waals surface area contributed by atoms with Crippen molar-refractivity contribution in [2.75, 3.05) is 18.1 Å². The Hall–Kier alpha value is -3.69. The number of rotatable bonds is 3. The Morgan fingerprint density at radius 2 is 1.92 bits per heavy atom. The van der Waals surface area contributed by atoms with Crippen LogP contribution in [0.1, 0.15) is 20.7 Å². The molecule has 2 amide bonds. The number of carbonyl (C=O) groups is 2. The molecule has 0 saturated carbocycles. The molecule has 1 aliphatic heterocycles. The molecule has 10 heteroatoms. The number of nitrogens with one attached hydrogen (secondary N) is 2. The highest BCUT2D eigenvalue weighted by molar-refractivity contribution is 6.23. The van der Waals surface area contributed by atoms with Crippen molar-refractivity contribution in [1.82, 2.24) is 9.88 Å². The van der Waals surface area contributed by atoms with Crippen LogP contribution in [-0.2, 0) is 0 Å². The quantitative estimate of drug-likeness (QED) is 0.415. The van der Waals surface area contributed by atoms with Crippen molar-refractivity contribution in [1.29, 1.82) is 0 Å². The van der Waals surface area contributed by atoms with Gasteiger partial charge in [-0.05, 0) is 6.07 Å². The van der Waals surface area contributed by atoms with Crippen LogP contribution in [0.4, 0.5) is 17.2 Å². The van der Waals surface area contributed by atoms with E-state index in [1.165, 1.54) is 12.1 Å². The third-order valence-electron chi connectivity index (χ3n) is 3.66. The first kappa shape index (κ1) is 15.2. The summed E-state index contributed by atoms with van der Waals surface area (Å²) in [5, 5.41) is 15.8. The van der Waals surface area contributed by atoms with Crippen LogP contribution in [0.25, 0.3) is 5.69 Å². The van der Waals surface area contributed by atoms with E-state index in [1.807, 2.05) is 0 Å². The van der Waals surface area contributed by atoms with Gasteiger partial charge < -0.3 is 11.1 Å². The number of anilines is 2. The van der Waals surface area contributed by atoms with Gasteiger partial charge in [-0.3, -0.25) is 34.4 Å². The highest BCUT2D eigenvalue weighted by atomic mass is 16.6. The number of hydrogen-bond acceptors (Lipinski definition) is 7. The number of pyridine rings is 1. The lowest BCUT2D eigenvalue weighted by atomic mass is 10.1. The second kappa shape index (κ2) is 5.19. The number of nitro groups is 1. The zero-order valence-corrected chi connectivity index (χ0v) is 12.3. The number of aromatic nitrogens is 1. The molecule has 10 nitrogen and oxygen atoms in total. The topological polar surface area (TPSA) is 149 Å².